The van der Waals surface area contributed by atoms with Crippen LogP contribution < -0.4 is 16.7 Å². The first-order valence-corrected chi connectivity index (χ1v) is 5.80. The molecule has 1 heterocycles. The molecule has 7 heteroatoms. The molecule has 3 N–H and O–H groups in total. The van der Waals surface area contributed by atoms with Gasteiger partial charge in [0, 0.05) is 17.6 Å². The zero-order chi connectivity index (χ0) is 13.8. The van der Waals surface area contributed by atoms with Gasteiger partial charge in [0.25, 0.3) is 0 Å². The predicted molar refractivity (Wildman–Crippen MR) is 73.0 cm³/mol. The zero-order valence-corrected chi connectivity index (χ0v) is 10.6. The summed E-state index contributed by atoms with van der Waals surface area (Å²) in [6.07, 6.45) is 2.59. The second kappa shape index (κ2) is 5.53. The third kappa shape index (κ3) is 3.56. The molecule has 1 amide bonds. The first-order chi connectivity index (χ1) is 9.04. The van der Waals surface area contributed by atoms with Gasteiger partial charge in [-0.1, -0.05) is 11.6 Å². The smallest absolute Gasteiger partial charge is 0.348 e. The summed E-state index contributed by atoms with van der Waals surface area (Å²) < 4.78 is 1.13. The Labute approximate surface area is 113 Å². The maximum Gasteiger partial charge on any atom is 0.348 e. The summed E-state index contributed by atoms with van der Waals surface area (Å²) in [6, 6.07) is 6.68. The van der Waals surface area contributed by atoms with E-state index >= 15 is 0 Å². The molecule has 0 fully saturated rings. The molecule has 0 atom stereocenters. The lowest BCUT2D eigenvalue weighted by Crippen LogP contribution is -2.28. The molecular weight excluding hydrogens is 268 g/mol. The van der Waals surface area contributed by atoms with Crippen molar-refractivity contribution >= 4 is 28.9 Å². The Morgan fingerprint density at radius 3 is 2.74 bits per heavy atom. The van der Waals surface area contributed by atoms with Gasteiger partial charge in [-0.15, -0.1) is 0 Å². The normalized spacial score (nSPS) is 10.2. The van der Waals surface area contributed by atoms with Crippen LogP contribution in [0.4, 0.5) is 11.4 Å². The van der Waals surface area contributed by atoms with Crippen LogP contribution in [0.2, 0.25) is 5.02 Å². The van der Waals surface area contributed by atoms with Gasteiger partial charge < -0.3 is 11.1 Å². The Kier molecular flexibility index (Phi) is 3.82. The Morgan fingerprint density at radius 2 is 2.05 bits per heavy atom. The monoisotopic (exact) mass is 278 g/mol. The van der Waals surface area contributed by atoms with Crippen LogP contribution in [-0.2, 0) is 11.3 Å². The molecule has 0 saturated carbocycles. The summed E-state index contributed by atoms with van der Waals surface area (Å²) in [5.41, 5.74) is 6.21. The molecule has 19 heavy (non-hydrogen) atoms. The number of aromatic nitrogens is 2. The van der Waals surface area contributed by atoms with E-state index in [9.17, 15) is 9.59 Å². The van der Waals surface area contributed by atoms with Gasteiger partial charge in [-0.2, -0.15) is 0 Å². The molecule has 0 bridgehead atoms. The number of nitrogens with two attached hydrogens (primary N) is 1. The summed E-state index contributed by atoms with van der Waals surface area (Å²) in [6.45, 7) is -0.156. The summed E-state index contributed by atoms with van der Waals surface area (Å²) in [5.74, 6) is -0.351. The van der Waals surface area contributed by atoms with E-state index in [1.165, 1.54) is 12.4 Å². The lowest BCUT2D eigenvalue weighted by atomic mass is 10.3. The fourth-order valence-electron chi connectivity index (χ4n) is 1.46. The van der Waals surface area contributed by atoms with Gasteiger partial charge in [-0.3, -0.25) is 9.36 Å². The molecule has 0 aliphatic carbocycles. The minimum absolute atomic E-state index is 0.156. The van der Waals surface area contributed by atoms with E-state index in [2.05, 4.69) is 10.3 Å². The number of nitrogens with zero attached hydrogens (tertiary/aromatic N) is 2. The number of nitrogen functional groups attached to an aromatic ring is 1. The van der Waals surface area contributed by atoms with Gasteiger partial charge in [-0.25, -0.2) is 9.78 Å². The van der Waals surface area contributed by atoms with E-state index in [1.54, 1.807) is 24.3 Å². The van der Waals surface area contributed by atoms with Crippen LogP contribution in [0.15, 0.2) is 41.5 Å². The number of benzene rings is 1. The SMILES string of the molecule is Nc1ccc(NC(=O)Cn2cc(Cl)cnc2=O)cc1. The highest BCUT2D eigenvalue weighted by Crippen LogP contribution is 2.10. The number of carbonyl (C=O) groups is 1. The Bertz CT molecular complexity index is 652. The molecule has 2 rings (SSSR count). The number of amides is 1. The Balaban J connectivity index is 2.07. The first-order valence-electron chi connectivity index (χ1n) is 5.42. The fourth-order valence-corrected chi connectivity index (χ4v) is 1.63. The Morgan fingerprint density at radius 1 is 1.37 bits per heavy atom. The molecule has 2 aromatic rings. The van der Waals surface area contributed by atoms with Crippen LogP contribution in [0.25, 0.3) is 0 Å². The molecule has 1 aromatic carbocycles. The molecular formula is C12H11ClN4O2. The summed E-state index contributed by atoms with van der Waals surface area (Å²) >= 11 is 5.71. The molecule has 0 aliphatic heterocycles. The number of anilines is 2. The average Bonchev–Trinajstić information content (AvgIpc) is 2.37. The van der Waals surface area contributed by atoms with Crippen LogP contribution >= 0.6 is 11.6 Å². The van der Waals surface area contributed by atoms with Crippen LogP contribution in [0.1, 0.15) is 0 Å². The van der Waals surface area contributed by atoms with Gasteiger partial charge >= 0.3 is 5.69 Å². The molecule has 6 nitrogen and oxygen atoms in total. The van der Waals surface area contributed by atoms with Crippen molar-refractivity contribution in [2.75, 3.05) is 11.1 Å². The maximum absolute atomic E-state index is 11.8. The summed E-state index contributed by atoms with van der Waals surface area (Å²) in [7, 11) is 0. The predicted octanol–water partition coefficient (Wildman–Crippen LogP) is 1.12. The van der Waals surface area contributed by atoms with Gasteiger partial charge in [-0.05, 0) is 24.3 Å². The minimum atomic E-state index is -0.531. The van der Waals surface area contributed by atoms with E-state index in [0.717, 1.165) is 4.57 Å². The number of nitrogens with one attached hydrogen (secondary N) is 1. The summed E-state index contributed by atoms with van der Waals surface area (Å²) in [4.78, 5) is 26.7. The summed E-state index contributed by atoms with van der Waals surface area (Å²) in [5, 5.41) is 2.93. The van der Waals surface area contributed by atoms with E-state index < -0.39 is 5.69 Å². The quantitative estimate of drug-likeness (QED) is 0.823. The van der Waals surface area contributed by atoms with Gasteiger partial charge in [0.2, 0.25) is 5.91 Å². The third-order valence-electron chi connectivity index (χ3n) is 2.33. The second-order valence-electron chi connectivity index (χ2n) is 3.85. The zero-order valence-electron chi connectivity index (χ0n) is 9.84. The van der Waals surface area contributed by atoms with Crippen molar-refractivity contribution in [3.63, 3.8) is 0 Å². The number of hydrogen-bond acceptors (Lipinski definition) is 4. The number of rotatable bonds is 3. The van der Waals surface area contributed by atoms with Crippen LogP contribution in [0.3, 0.4) is 0 Å². The largest absolute Gasteiger partial charge is 0.399 e. The van der Waals surface area contributed by atoms with Crippen molar-refractivity contribution in [3.05, 3.63) is 52.2 Å². The van der Waals surface area contributed by atoms with E-state index in [0.29, 0.717) is 16.4 Å². The molecule has 0 spiro atoms. The van der Waals surface area contributed by atoms with Gasteiger partial charge in [0.1, 0.15) is 6.54 Å². The van der Waals surface area contributed by atoms with Crippen molar-refractivity contribution in [2.24, 2.45) is 0 Å². The number of halogens is 1. The first kappa shape index (κ1) is 13.1. The highest BCUT2D eigenvalue weighted by atomic mass is 35.5. The van der Waals surface area contributed by atoms with Crippen molar-refractivity contribution < 1.29 is 4.79 Å². The van der Waals surface area contributed by atoms with Crippen molar-refractivity contribution in [1.29, 1.82) is 0 Å². The molecule has 1 aromatic heterocycles. The van der Waals surface area contributed by atoms with E-state index in [1.807, 2.05) is 0 Å². The molecule has 0 saturated heterocycles. The molecule has 0 aliphatic rings. The highest BCUT2D eigenvalue weighted by Gasteiger charge is 2.06. The lowest BCUT2D eigenvalue weighted by Gasteiger charge is -2.07. The van der Waals surface area contributed by atoms with Crippen molar-refractivity contribution in [3.8, 4) is 0 Å². The number of carbonyl (C=O) groups excluding carboxylic acids is 1. The molecule has 0 unspecified atom stereocenters. The third-order valence-corrected chi connectivity index (χ3v) is 2.53. The van der Waals surface area contributed by atoms with Gasteiger partial charge in [0.05, 0.1) is 11.2 Å². The standard InChI is InChI=1S/C12H11ClN4O2/c13-8-5-15-12(19)17(6-8)7-11(18)16-10-3-1-9(14)2-4-10/h1-6H,7,14H2,(H,16,18). The minimum Gasteiger partial charge on any atom is -0.399 e. The van der Waals surface area contributed by atoms with Crippen LogP contribution in [-0.4, -0.2) is 15.5 Å². The topological polar surface area (TPSA) is 90.0 Å². The number of hydrogen-bond donors (Lipinski definition) is 2. The van der Waals surface area contributed by atoms with Crippen molar-refractivity contribution in [1.82, 2.24) is 9.55 Å². The maximum atomic E-state index is 11.8. The van der Waals surface area contributed by atoms with Crippen LogP contribution in [0, 0.1) is 0 Å². The van der Waals surface area contributed by atoms with E-state index in [-0.39, 0.29) is 12.5 Å². The van der Waals surface area contributed by atoms with Gasteiger partial charge in [0.15, 0.2) is 0 Å². The molecule has 98 valence electrons. The Hall–Kier alpha value is -2.34. The average molecular weight is 279 g/mol. The highest BCUT2D eigenvalue weighted by molar-refractivity contribution is 6.30. The fraction of sp³-hybridized carbons (Fsp3) is 0.0833. The van der Waals surface area contributed by atoms with Crippen LogP contribution in [0.5, 0.6) is 0 Å². The molecule has 0 radical (unpaired) electrons. The lowest BCUT2D eigenvalue weighted by molar-refractivity contribution is -0.116. The van der Waals surface area contributed by atoms with E-state index in [4.69, 9.17) is 17.3 Å². The van der Waals surface area contributed by atoms with Crippen molar-refractivity contribution in [2.45, 2.75) is 6.54 Å². The second-order valence-corrected chi connectivity index (χ2v) is 4.29.